The van der Waals surface area contributed by atoms with E-state index in [1.165, 1.54) is 6.92 Å². The molecular formula is C12H16ClN3O2. The van der Waals surface area contributed by atoms with E-state index in [1.807, 2.05) is 19.1 Å². The van der Waals surface area contributed by atoms with Crippen LogP contribution in [0.1, 0.15) is 25.5 Å². The van der Waals surface area contributed by atoms with Crippen molar-refractivity contribution >= 4 is 23.4 Å². The van der Waals surface area contributed by atoms with Gasteiger partial charge in [-0.2, -0.15) is 0 Å². The van der Waals surface area contributed by atoms with E-state index in [2.05, 4.69) is 16.2 Å². The van der Waals surface area contributed by atoms with E-state index >= 15 is 0 Å². The maximum atomic E-state index is 11.3. The van der Waals surface area contributed by atoms with Crippen LogP contribution in [0.3, 0.4) is 0 Å². The minimum Gasteiger partial charge on any atom is -0.302 e. The van der Waals surface area contributed by atoms with Crippen molar-refractivity contribution in [3.05, 3.63) is 34.9 Å². The Balaban J connectivity index is 2.36. The van der Waals surface area contributed by atoms with E-state index in [0.717, 1.165) is 5.56 Å². The predicted octanol–water partition coefficient (Wildman–Crippen LogP) is 1.16. The molecule has 18 heavy (non-hydrogen) atoms. The van der Waals surface area contributed by atoms with Gasteiger partial charge in [0.25, 0.3) is 5.91 Å². The average Bonchev–Trinajstić information content (AvgIpc) is 2.34. The van der Waals surface area contributed by atoms with E-state index in [0.29, 0.717) is 5.02 Å². The van der Waals surface area contributed by atoms with E-state index in [9.17, 15) is 9.59 Å². The van der Waals surface area contributed by atoms with Gasteiger partial charge in [0.05, 0.1) is 6.54 Å². The van der Waals surface area contributed by atoms with Crippen LogP contribution in [0.4, 0.5) is 0 Å². The molecule has 98 valence electrons. The maximum Gasteiger partial charge on any atom is 0.252 e. The fourth-order valence-corrected chi connectivity index (χ4v) is 1.44. The number of benzene rings is 1. The van der Waals surface area contributed by atoms with Gasteiger partial charge < -0.3 is 5.32 Å². The third-order valence-electron chi connectivity index (χ3n) is 2.32. The number of hydrogen-bond donors (Lipinski definition) is 3. The molecule has 0 saturated carbocycles. The molecule has 3 N–H and O–H groups in total. The van der Waals surface area contributed by atoms with Crippen molar-refractivity contribution in [1.82, 2.24) is 16.2 Å². The first-order valence-corrected chi connectivity index (χ1v) is 5.91. The highest BCUT2D eigenvalue weighted by Gasteiger charge is 2.07. The van der Waals surface area contributed by atoms with Crippen LogP contribution in [-0.4, -0.2) is 18.4 Å². The molecule has 0 radical (unpaired) electrons. The van der Waals surface area contributed by atoms with E-state index in [1.54, 1.807) is 12.1 Å². The zero-order valence-electron chi connectivity index (χ0n) is 10.3. The average molecular weight is 270 g/mol. The lowest BCUT2D eigenvalue weighted by atomic mass is 10.1. The summed E-state index contributed by atoms with van der Waals surface area (Å²) in [6.45, 7) is 3.38. The third kappa shape index (κ3) is 5.16. The predicted molar refractivity (Wildman–Crippen MR) is 69.8 cm³/mol. The first-order valence-electron chi connectivity index (χ1n) is 5.53. The van der Waals surface area contributed by atoms with Gasteiger partial charge >= 0.3 is 0 Å². The van der Waals surface area contributed by atoms with Gasteiger partial charge in [-0.1, -0.05) is 23.7 Å². The molecule has 1 atom stereocenters. The summed E-state index contributed by atoms with van der Waals surface area (Å²) in [4.78, 5) is 21.9. The largest absolute Gasteiger partial charge is 0.302 e. The Bertz CT molecular complexity index is 420. The van der Waals surface area contributed by atoms with Gasteiger partial charge in [0.15, 0.2) is 0 Å². The minimum atomic E-state index is -0.311. The molecule has 1 aromatic rings. The Hall–Kier alpha value is -1.59. The Morgan fingerprint density at radius 2 is 1.83 bits per heavy atom. The number of rotatable bonds is 4. The van der Waals surface area contributed by atoms with E-state index < -0.39 is 0 Å². The first kappa shape index (κ1) is 14.5. The van der Waals surface area contributed by atoms with Crippen LogP contribution in [0.5, 0.6) is 0 Å². The lowest BCUT2D eigenvalue weighted by Gasteiger charge is -2.14. The molecule has 1 rings (SSSR count). The summed E-state index contributed by atoms with van der Waals surface area (Å²) in [5.41, 5.74) is 5.53. The second-order valence-electron chi connectivity index (χ2n) is 3.88. The van der Waals surface area contributed by atoms with Crippen LogP contribution in [0.25, 0.3) is 0 Å². The second kappa shape index (κ2) is 6.98. The molecule has 2 amide bonds. The quantitative estimate of drug-likeness (QED) is 0.719. The van der Waals surface area contributed by atoms with Crippen LogP contribution >= 0.6 is 11.6 Å². The Morgan fingerprint density at radius 1 is 1.22 bits per heavy atom. The number of hydrazine groups is 1. The smallest absolute Gasteiger partial charge is 0.252 e. The SMILES string of the molecule is CC(=O)NNC(=O)CN[C@@H](C)c1ccc(Cl)cc1. The van der Waals surface area contributed by atoms with Gasteiger partial charge in [-0.05, 0) is 24.6 Å². The summed E-state index contributed by atoms with van der Waals surface area (Å²) in [6, 6.07) is 7.40. The Morgan fingerprint density at radius 3 is 2.39 bits per heavy atom. The van der Waals surface area contributed by atoms with Crippen molar-refractivity contribution in [3.8, 4) is 0 Å². The van der Waals surface area contributed by atoms with Crippen molar-refractivity contribution in [2.75, 3.05) is 6.54 Å². The molecule has 0 bridgehead atoms. The van der Waals surface area contributed by atoms with Crippen molar-refractivity contribution in [1.29, 1.82) is 0 Å². The van der Waals surface area contributed by atoms with Gasteiger partial charge in [-0.3, -0.25) is 20.4 Å². The van der Waals surface area contributed by atoms with Gasteiger partial charge in [-0.25, -0.2) is 0 Å². The lowest BCUT2D eigenvalue weighted by Crippen LogP contribution is -2.44. The molecule has 0 aliphatic carbocycles. The van der Waals surface area contributed by atoms with Crippen LogP contribution < -0.4 is 16.2 Å². The monoisotopic (exact) mass is 269 g/mol. The normalized spacial score (nSPS) is 11.7. The Kier molecular flexibility index (Phi) is 5.61. The van der Waals surface area contributed by atoms with Crippen LogP contribution in [0.15, 0.2) is 24.3 Å². The van der Waals surface area contributed by atoms with Gasteiger partial charge in [0.1, 0.15) is 0 Å². The second-order valence-corrected chi connectivity index (χ2v) is 4.32. The van der Waals surface area contributed by atoms with Crippen LogP contribution in [0.2, 0.25) is 5.02 Å². The molecule has 0 unspecified atom stereocenters. The van der Waals surface area contributed by atoms with Crippen molar-refractivity contribution in [2.45, 2.75) is 19.9 Å². The summed E-state index contributed by atoms with van der Waals surface area (Å²) in [6.07, 6.45) is 0. The van der Waals surface area contributed by atoms with E-state index in [4.69, 9.17) is 11.6 Å². The molecule has 5 nitrogen and oxygen atoms in total. The van der Waals surface area contributed by atoms with Crippen LogP contribution in [0, 0.1) is 0 Å². The molecular weight excluding hydrogens is 254 g/mol. The molecule has 0 spiro atoms. The summed E-state index contributed by atoms with van der Waals surface area (Å²) in [7, 11) is 0. The molecule has 6 heteroatoms. The maximum absolute atomic E-state index is 11.3. The molecule has 0 aliphatic rings. The summed E-state index contributed by atoms with van der Waals surface area (Å²) < 4.78 is 0. The third-order valence-corrected chi connectivity index (χ3v) is 2.57. The van der Waals surface area contributed by atoms with Crippen molar-refractivity contribution in [3.63, 3.8) is 0 Å². The minimum absolute atomic E-state index is 0.0188. The number of carbonyl (C=O) groups excluding carboxylic acids is 2. The zero-order valence-corrected chi connectivity index (χ0v) is 11.0. The number of halogens is 1. The lowest BCUT2D eigenvalue weighted by molar-refractivity contribution is -0.127. The number of nitrogens with one attached hydrogen (secondary N) is 3. The summed E-state index contributed by atoms with van der Waals surface area (Å²) in [5.74, 6) is -0.611. The first-order chi connectivity index (χ1) is 8.49. The standard InChI is InChI=1S/C12H16ClN3O2/c1-8(10-3-5-11(13)6-4-10)14-7-12(18)16-15-9(2)17/h3-6,8,14H,7H2,1-2H3,(H,15,17)(H,16,18)/t8-/m0/s1. The highest BCUT2D eigenvalue weighted by atomic mass is 35.5. The number of carbonyl (C=O) groups is 2. The fourth-order valence-electron chi connectivity index (χ4n) is 1.32. The molecule has 1 aromatic carbocycles. The molecule has 0 aliphatic heterocycles. The Labute approximate surface area is 111 Å². The van der Waals surface area contributed by atoms with Gasteiger partial charge in [-0.15, -0.1) is 0 Å². The summed E-state index contributed by atoms with van der Waals surface area (Å²) >= 11 is 5.79. The number of amides is 2. The molecule has 0 aromatic heterocycles. The molecule has 0 heterocycles. The molecule has 0 fully saturated rings. The van der Waals surface area contributed by atoms with Gasteiger partial charge in [0.2, 0.25) is 5.91 Å². The van der Waals surface area contributed by atoms with Gasteiger partial charge in [0, 0.05) is 18.0 Å². The zero-order chi connectivity index (χ0) is 13.5. The fraction of sp³-hybridized carbons (Fsp3) is 0.333. The highest BCUT2D eigenvalue weighted by molar-refractivity contribution is 6.30. The van der Waals surface area contributed by atoms with Crippen molar-refractivity contribution in [2.24, 2.45) is 0 Å². The summed E-state index contributed by atoms with van der Waals surface area (Å²) in [5, 5.41) is 3.71. The molecule has 0 saturated heterocycles. The topological polar surface area (TPSA) is 70.2 Å². The van der Waals surface area contributed by atoms with Crippen LogP contribution in [-0.2, 0) is 9.59 Å². The van der Waals surface area contributed by atoms with Crippen molar-refractivity contribution < 1.29 is 9.59 Å². The van der Waals surface area contributed by atoms with E-state index in [-0.39, 0.29) is 24.4 Å². The highest BCUT2D eigenvalue weighted by Crippen LogP contribution is 2.15. The number of hydrogen-bond acceptors (Lipinski definition) is 3.